The lowest BCUT2D eigenvalue weighted by Gasteiger charge is -2.30. The van der Waals surface area contributed by atoms with Crippen molar-refractivity contribution >= 4 is 5.91 Å². The van der Waals surface area contributed by atoms with E-state index in [2.05, 4.69) is 19.2 Å². The molecule has 4 nitrogen and oxygen atoms in total. The van der Waals surface area contributed by atoms with Gasteiger partial charge in [0.2, 0.25) is 5.91 Å². The van der Waals surface area contributed by atoms with Crippen LogP contribution in [0.1, 0.15) is 47.5 Å². The first-order valence-corrected chi connectivity index (χ1v) is 6.50. The molecule has 17 heavy (non-hydrogen) atoms. The normalized spacial score (nSPS) is 16.6. The second-order valence-electron chi connectivity index (χ2n) is 5.24. The van der Waals surface area contributed by atoms with Crippen molar-refractivity contribution in [3.05, 3.63) is 0 Å². The number of rotatable bonds is 8. The van der Waals surface area contributed by atoms with Crippen LogP contribution in [0.15, 0.2) is 0 Å². The predicted molar refractivity (Wildman–Crippen MR) is 70.8 cm³/mol. The third kappa shape index (κ3) is 6.64. The molecule has 0 fully saturated rings. The SMILES string of the molecule is CCC(C)(CN)OC(C)C(=O)NCCC(C)C. The first kappa shape index (κ1) is 16.4. The highest BCUT2D eigenvalue weighted by atomic mass is 16.5. The maximum atomic E-state index is 11.8. The highest BCUT2D eigenvalue weighted by Gasteiger charge is 2.26. The Morgan fingerprint density at radius 1 is 1.41 bits per heavy atom. The van der Waals surface area contributed by atoms with Gasteiger partial charge in [0.1, 0.15) is 6.10 Å². The molecule has 0 heterocycles. The van der Waals surface area contributed by atoms with Crippen molar-refractivity contribution in [2.75, 3.05) is 13.1 Å². The molecular formula is C13H28N2O2. The highest BCUT2D eigenvalue weighted by Crippen LogP contribution is 2.15. The molecule has 1 amide bonds. The summed E-state index contributed by atoms with van der Waals surface area (Å²) in [5.41, 5.74) is 5.24. The van der Waals surface area contributed by atoms with E-state index in [0.717, 1.165) is 12.8 Å². The van der Waals surface area contributed by atoms with E-state index in [4.69, 9.17) is 10.5 Å². The largest absolute Gasteiger partial charge is 0.361 e. The second kappa shape index (κ2) is 7.67. The summed E-state index contributed by atoms with van der Waals surface area (Å²) >= 11 is 0. The van der Waals surface area contributed by atoms with Crippen LogP contribution in [0, 0.1) is 5.92 Å². The zero-order valence-electron chi connectivity index (χ0n) is 11.9. The number of ether oxygens (including phenoxy) is 1. The Balaban J connectivity index is 4.04. The lowest BCUT2D eigenvalue weighted by Crippen LogP contribution is -2.45. The Morgan fingerprint density at radius 3 is 2.41 bits per heavy atom. The quantitative estimate of drug-likeness (QED) is 0.683. The maximum absolute atomic E-state index is 11.8. The number of hydrogen-bond acceptors (Lipinski definition) is 3. The number of carbonyl (C=O) groups excluding carboxylic acids is 1. The third-order valence-corrected chi connectivity index (χ3v) is 3.03. The van der Waals surface area contributed by atoms with Gasteiger partial charge >= 0.3 is 0 Å². The molecule has 0 spiro atoms. The second-order valence-corrected chi connectivity index (χ2v) is 5.24. The number of amides is 1. The van der Waals surface area contributed by atoms with E-state index < -0.39 is 11.7 Å². The molecule has 0 radical (unpaired) electrons. The van der Waals surface area contributed by atoms with Gasteiger partial charge in [-0.2, -0.15) is 0 Å². The van der Waals surface area contributed by atoms with Gasteiger partial charge in [0, 0.05) is 13.1 Å². The summed E-state index contributed by atoms with van der Waals surface area (Å²) in [6.45, 7) is 11.1. The summed E-state index contributed by atoms with van der Waals surface area (Å²) in [5.74, 6) is 0.537. The van der Waals surface area contributed by atoms with E-state index in [1.165, 1.54) is 0 Å². The van der Waals surface area contributed by atoms with Gasteiger partial charge in [0.15, 0.2) is 0 Å². The Kier molecular flexibility index (Phi) is 7.39. The zero-order chi connectivity index (χ0) is 13.5. The van der Waals surface area contributed by atoms with Crippen molar-refractivity contribution in [2.45, 2.75) is 59.2 Å². The average Bonchev–Trinajstić information content (AvgIpc) is 2.28. The van der Waals surface area contributed by atoms with E-state index in [-0.39, 0.29) is 5.91 Å². The minimum absolute atomic E-state index is 0.0567. The molecule has 0 aliphatic rings. The monoisotopic (exact) mass is 244 g/mol. The van der Waals surface area contributed by atoms with Crippen molar-refractivity contribution < 1.29 is 9.53 Å². The van der Waals surface area contributed by atoms with Gasteiger partial charge in [-0.25, -0.2) is 0 Å². The van der Waals surface area contributed by atoms with Crippen LogP contribution in [-0.4, -0.2) is 30.7 Å². The van der Waals surface area contributed by atoms with Crippen LogP contribution in [0.3, 0.4) is 0 Å². The fourth-order valence-corrected chi connectivity index (χ4v) is 1.38. The summed E-state index contributed by atoms with van der Waals surface area (Å²) in [6, 6.07) is 0. The zero-order valence-corrected chi connectivity index (χ0v) is 11.9. The Hall–Kier alpha value is -0.610. The van der Waals surface area contributed by atoms with Crippen molar-refractivity contribution in [1.82, 2.24) is 5.32 Å². The van der Waals surface area contributed by atoms with Gasteiger partial charge in [-0.15, -0.1) is 0 Å². The van der Waals surface area contributed by atoms with Gasteiger partial charge in [0.25, 0.3) is 0 Å². The van der Waals surface area contributed by atoms with Crippen LogP contribution < -0.4 is 11.1 Å². The molecule has 0 aromatic heterocycles. The maximum Gasteiger partial charge on any atom is 0.248 e. The van der Waals surface area contributed by atoms with Crippen LogP contribution >= 0.6 is 0 Å². The van der Waals surface area contributed by atoms with Crippen LogP contribution in [-0.2, 0) is 9.53 Å². The van der Waals surface area contributed by atoms with Gasteiger partial charge < -0.3 is 15.8 Å². The van der Waals surface area contributed by atoms with Crippen molar-refractivity contribution in [3.8, 4) is 0 Å². The topological polar surface area (TPSA) is 64.3 Å². The number of carbonyl (C=O) groups is 1. The molecule has 2 atom stereocenters. The first-order chi connectivity index (χ1) is 7.84. The molecule has 3 N–H and O–H groups in total. The summed E-state index contributed by atoms with van der Waals surface area (Å²) in [7, 11) is 0. The average molecular weight is 244 g/mol. The first-order valence-electron chi connectivity index (χ1n) is 6.50. The lowest BCUT2D eigenvalue weighted by molar-refractivity contribution is -0.143. The standard InChI is InChI=1S/C13H28N2O2/c1-6-13(5,9-14)17-11(4)12(16)15-8-7-10(2)3/h10-11H,6-9,14H2,1-5H3,(H,15,16). The van der Waals surface area contributed by atoms with Crippen molar-refractivity contribution in [1.29, 1.82) is 0 Å². The summed E-state index contributed by atoms with van der Waals surface area (Å²) in [4.78, 5) is 11.8. The van der Waals surface area contributed by atoms with Crippen LogP contribution in [0.2, 0.25) is 0 Å². The van der Waals surface area contributed by atoms with Crippen molar-refractivity contribution in [2.24, 2.45) is 11.7 Å². The molecule has 102 valence electrons. The molecule has 0 saturated carbocycles. The molecule has 2 unspecified atom stereocenters. The minimum atomic E-state index is -0.448. The summed E-state index contributed by atoms with van der Waals surface area (Å²) in [5, 5.41) is 2.88. The molecule has 0 aliphatic heterocycles. The molecule has 0 saturated heterocycles. The van der Waals surface area contributed by atoms with E-state index >= 15 is 0 Å². The van der Waals surface area contributed by atoms with Crippen LogP contribution in [0.5, 0.6) is 0 Å². The minimum Gasteiger partial charge on any atom is -0.361 e. The Morgan fingerprint density at radius 2 is 2.00 bits per heavy atom. The van der Waals surface area contributed by atoms with Crippen molar-refractivity contribution in [3.63, 3.8) is 0 Å². The van der Waals surface area contributed by atoms with E-state index in [9.17, 15) is 4.79 Å². The number of hydrogen-bond donors (Lipinski definition) is 2. The molecule has 0 bridgehead atoms. The smallest absolute Gasteiger partial charge is 0.248 e. The van der Waals surface area contributed by atoms with E-state index in [1.54, 1.807) is 6.92 Å². The van der Waals surface area contributed by atoms with Gasteiger partial charge in [-0.1, -0.05) is 20.8 Å². The Bertz CT molecular complexity index is 225. The lowest BCUT2D eigenvalue weighted by atomic mass is 10.0. The van der Waals surface area contributed by atoms with Crippen LogP contribution in [0.25, 0.3) is 0 Å². The highest BCUT2D eigenvalue weighted by molar-refractivity contribution is 5.80. The molecule has 0 aliphatic carbocycles. The van der Waals surface area contributed by atoms with E-state index in [0.29, 0.717) is 19.0 Å². The molecule has 4 heteroatoms. The summed E-state index contributed by atoms with van der Waals surface area (Å²) < 4.78 is 5.72. The van der Waals surface area contributed by atoms with Gasteiger partial charge in [-0.3, -0.25) is 4.79 Å². The van der Waals surface area contributed by atoms with Gasteiger partial charge in [-0.05, 0) is 32.6 Å². The summed E-state index contributed by atoms with van der Waals surface area (Å²) in [6.07, 6.45) is 1.34. The molecule has 0 aromatic carbocycles. The van der Waals surface area contributed by atoms with Gasteiger partial charge in [0.05, 0.1) is 5.60 Å². The number of nitrogens with two attached hydrogens (primary N) is 1. The fourth-order valence-electron chi connectivity index (χ4n) is 1.38. The third-order valence-electron chi connectivity index (χ3n) is 3.03. The predicted octanol–water partition coefficient (Wildman–Crippen LogP) is 1.68. The van der Waals surface area contributed by atoms with E-state index in [1.807, 2.05) is 13.8 Å². The molecule has 0 aromatic rings. The number of nitrogens with one attached hydrogen (secondary N) is 1. The molecule has 0 rings (SSSR count). The fraction of sp³-hybridized carbons (Fsp3) is 0.923. The molecular weight excluding hydrogens is 216 g/mol. The van der Waals surface area contributed by atoms with Crippen LogP contribution in [0.4, 0.5) is 0 Å². The Labute approximate surface area is 105 Å².